The van der Waals surface area contributed by atoms with E-state index < -0.39 is 11.5 Å². The molecule has 9 heteroatoms. The van der Waals surface area contributed by atoms with Crippen molar-refractivity contribution >= 4 is 28.7 Å². The number of nitrogens with zero attached hydrogens (tertiary/aromatic N) is 3. The van der Waals surface area contributed by atoms with Crippen molar-refractivity contribution in [1.82, 2.24) is 14.9 Å². The normalized spacial score (nSPS) is 14.1. The van der Waals surface area contributed by atoms with Crippen LogP contribution in [-0.4, -0.2) is 61.1 Å². The molecule has 1 aliphatic rings. The molecule has 1 amide bonds. The van der Waals surface area contributed by atoms with Crippen molar-refractivity contribution in [2.75, 3.05) is 55.9 Å². The van der Waals surface area contributed by atoms with Gasteiger partial charge in [0.2, 0.25) is 0 Å². The number of likely N-dealkylation sites (N-methyl/N-ethyl adjacent to an activating group) is 1. The molecule has 1 aliphatic heterocycles. The smallest absolute Gasteiger partial charge is 0.263 e. The molecule has 0 unspecified atom stereocenters. The van der Waals surface area contributed by atoms with Gasteiger partial charge < -0.3 is 30.2 Å². The number of hydrogen-bond acceptors (Lipinski definition) is 7. The Hall–Kier alpha value is -3.85. The van der Waals surface area contributed by atoms with Crippen LogP contribution in [-0.2, 0) is 0 Å². The second kappa shape index (κ2) is 9.52. The van der Waals surface area contributed by atoms with Crippen LogP contribution in [0.2, 0.25) is 0 Å². The highest BCUT2D eigenvalue weighted by molar-refractivity contribution is 6.08. The molecule has 3 aromatic rings. The predicted molar refractivity (Wildman–Crippen MR) is 125 cm³/mol. The molecule has 3 N–H and O–H groups in total. The van der Waals surface area contributed by atoms with Gasteiger partial charge in [0.25, 0.3) is 11.5 Å². The Morgan fingerprint density at radius 1 is 1.06 bits per heavy atom. The van der Waals surface area contributed by atoms with Crippen molar-refractivity contribution in [1.29, 1.82) is 0 Å². The van der Waals surface area contributed by atoms with Crippen LogP contribution in [0, 0.1) is 0 Å². The van der Waals surface area contributed by atoms with Gasteiger partial charge in [0.1, 0.15) is 11.3 Å². The van der Waals surface area contributed by atoms with Crippen molar-refractivity contribution in [2.24, 2.45) is 0 Å². The van der Waals surface area contributed by atoms with Crippen LogP contribution in [0.3, 0.4) is 0 Å². The van der Waals surface area contributed by atoms with E-state index in [4.69, 9.17) is 4.74 Å². The van der Waals surface area contributed by atoms with Crippen molar-refractivity contribution in [3.63, 3.8) is 0 Å². The number of aromatic amines is 1. The van der Waals surface area contributed by atoms with Gasteiger partial charge in [-0.2, -0.15) is 0 Å². The minimum absolute atomic E-state index is 0.0263. The molecule has 0 aliphatic carbocycles. The van der Waals surface area contributed by atoms with E-state index in [1.807, 2.05) is 24.3 Å². The fourth-order valence-electron chi connectivity index (χ4n) is 3.62. The van der Waals surface area contributed by atoms with Crippen LogP contribution < -0.4 is 25.8 Å². The number of benzene rings is 1. The summed E-state index contributed by atoms with van der Waals surface area (Å²) in [6.45, 7) is 3.97. The molecule has 9 nitrogen and oxygen atoms in total. The summed E-state index contributed by atoms with van der Waals surface area (Å²) in [6.07, 6.45) is 4.65. The molecule has 3 heterocycles. The Bertz CT molecular complexity index is 1140. The molecule has 2 aromatic heterocycles. The topological polar surface area (TPSA) is 103 Å². The summed E-state index contributed by atoms with van der Waals surface area (Å²) >= 11 is 0. The van der Waals surface area contributed by atoms with Crippen LogP contribution in [0.25, 0.3) is 0 Å². The Kier molecular flexibility index (Phi) is 6.37. The summed E-state index contributed by atoms with van der Waals surface area (Å²) in [7, 11) is 3.66. The van der Waals surface area contributed by atoms with E-state index in [2.05, 4.69) is 37.4 Å². The lowest BCUT2D eigenvalue weighted by Gasteiger charge is -2.34. The molecule has 0 atom stereocenters. The van der Waals surface area contributed by atoms with Crippen LogP contribution in [0.5, 0.6) is 5.75 Å². The van der Waals surface area contributed by atoms with Crippen molar-refractivity contribution in [2.45, 2.75) is 0 Å². The quantitative estimate of drug-likeness (QED) is 0.548. The number of carbonyl (C=O) groups excluding carboxylic acids is 1. The zero-order valence-electron chi connectivity index (χ0n) is 18.1. The Morgan fingerprint density at radius 2 is 1.81 bits per heavy atom. The standard InChI is InChI=1S/C23H26N6O3/c1-28-11-13-29(14-12-28)17-5-3-16(4-6-17)26-23(31)21-18(7-10-25-22(21)30)27-19-15-24-9-8-20(19)32-2/h3-10,15H,11-14H2,1-2H3,(H,26,31)(H2,25,27,30). The lowest BCUT2D eigenvalue weighted by Crippen LogP contribution is -2.44. The number of amides is 1. The molecular formula is C23H26N6O3. The summed E-state index contributed by atoms with van der Waals surface area (Å²) in [5.74, 6) is 0.0377. The number of hydrogen-bond donors (Lipinski definition) is 3. The molecule has 1 aromatic carbocycles. The lowest BCUT2D eigenvalue weighted by atomic mass is 10.2. The van der Waals surface area contributed by atoms with E-state index in [0.717, 1.165) is 31.9 Å². The number of nitrogens with one attached hydrogen (secondary N) is 3. The zero-order valence-corrected chi connectivity index (χ0v) is 18.1. The van der Waals surface area contributed by atoms with Gasteiger partial charge in [0.15, 0.2) is 0 Å². The zero-order chi connectivity index (χ0) is 22.5. The van der Waals surface area contributed by atoms with Gasteiger partial charge in [0, 0.05) is 56.0 Å². The fraction of sp³-hybridized carbons (Fsp3) is 0.261. The van der Waals surface area contributed by atoms with Gasteiger partial charge in [-0.1, -0.05) is 0 Å². The minimum Gasteiger partial charge on any atom is -0.494 e. The molecule has 166 valence electrons. The predicted octanol–water partition coefficient (Wildman–Crippen LogP) is 2.53. The first-order valence-corrected chi connectivity index (χ1v) is 10.4. The van der Waals surface area contributed by atoms with E-state index in [-0.39, 0.29) is 5.56 Å². The van der Waals surface area contributed by atoms with Gasteiger partial charge in [0.05, 0.1) is 24.7 Å². The van der Waals surface area contributed by atoms with E-state index in [1.54, 1.807) is 24.5 Å². The number of piperazine rings is 1. The van der Waals surface area contributed by atoms with Crippen molar-refractivity contribution < 1.29 is 9.53 Å². The van der Waals surface area contributed by atoms with Crippen molar-refractivity contribution in [3.05, 3.63) is 70.9 Å². The average Bonchev–Trinajstić information content (AvgIpc) is 2.80. The van der Waals surface area contributed by atoms with Crippen LogP contribution in [0.1, 0.15) is 10.4 Å². The molecule has 0 bridgehead atoms. The van der Waals surface area contributed by atoms with Crippen molar-refractivity contribution in [3.8, 4) is 5.75 Å². The van der Waals surface area contributed by atoms with Gasteiger partial charge in [-0.15, -0.1) is 0 Å². The highest BCUT2D eigenvalue weighted by Crippen LogP contribution is 2.27. The number of rotatable bonds is 6. The lowest BCUT2D eigenvalue weighted by molar-refractivity contribution is 0.102. The SMILES string of the molecule is COc1ccncc1Nc1cc[nH]c(=O)c1C(=O)Nc1ccc(N2CCN(C)CC2)cc1. The largest absolute Gasteiger partial charge is 0.494 e. The number of H-pyrrole nitrogens is 1. The Balaban J connectivity index is 1.52. The second-order valence-electron chi connectivity index (χ2n) is 7.59. The van der Waals surface area contributed by atoms with Gasteiger partial charge in [-0.25, -0.2) is 0 Å². The highest BCUT2D eigenvalue weighted by Gasteiger charge is 2.18. The maximum absolute atomic E-state index is 13.0. The molecule has 0 saturated carbocycles. The molecular weight excluding hydrogens is 408 g/mol. The number of methoxy groups -OCH3 is 1. The number of aromatic nitrogens is 2. The number of pyridine rings is 2. The number of anilines is 4. The van der Waals surface area contributed by atoms with E-state index in [9.17, 15) is 9.59 Å². The summed E-state index contributed by atoms with van der Waals surface area (Å²) in [5, 5.41) is 5.89. The maximum Gasteiger partial charge on any atom is 0.263 e. The van der Waals surface area contributed by atoms with E-state index in [1.165, 1.54) is 13.3 Å². The number of ether oxygens (including phenoxy) is 1. The third-order valence-corrected chi connectivity index (χ3v) is 5.45. The molecule has 0 radical (unpaired) electrons. The summed E-state index contributed by atoms with van der Waals surface area (Å²) < 4.78 is 5.32. The Morgan fingerprint density at radius 3 is 2.53 bits per heavy atom. The average molecular weight is 435 g/mol. The third kappa shape index (κ3) is 4.73. The minimum atomic E-state index is -0.510. The van der Waals surface area contributed by atoms with Gasteiger partial charge in [-0.05, 0) is 37.4 Å². The third-order valence-electron chi connectivity index (χ3n) is 5.45. The molecule has 1 fully saturated rings. The van der Waals surface area contributed by atoms with E-state index in [0.29, 0.717) is 22.8 Å². The van der Waals surface area contributed by atoms with E-state index >= 15 is 0 Å². The van der Waals surface area contributed by atoms with Crippen LogP contribution in [0.15, 0.2) is 59.8 Å². The fourth-order valence-corrected chi connectivity index (χ4v) is 3.62. The molecule has 4 rings (SSSR count). The van der Waals surface area contributed by atoms with Gasteiger partial charge in [-0.3, -0.25) is 14.6 Å². The summed E-state index contributed by atoms with van der Waals surface area (Å²) in [5.41, 5.74) is 2.10. The summed E-state index contributed by atoms with van der Waals surface area (Å²) in [4.78, 5) is 36.7. The Labute approximate surface area is 186 Å². The molecule has 0 spiro atoms. The van der Waals surface area contributed by atoms with Crippen LogP contribution >= 0.6 is 0 Å². The first kappa shape index (κ1) is 21.4. The maximum atomic E-state index is 13.0. The van der Waals surface area contributed by atoms with Gasteiger partial charge >= 0.3 is 0 Å². The first-order chi connectivity index (χ1) is 15.5. The van der Waals surface area contributed by atoms with Crippen LogP contribution in [0.4, 0.5) is 22.7 Å². The second-order valence-corrected chi connectivity index (χ2v) is 7.59. The monoisotopic (exact) mass is 434 g/mol. The highest BCUT2D eigenvalue weighted by atomic mass is 16.5. The summed E-state index contributed by atoms with van der Waals surface area (Å²) in [6, 6.07) is 11.0. The number of carbonyl (C=O) groups is 1. The first-order valence-electron chi connectivity index (χ1n) is 10.4. The molecule has 1 saturated heterocycles. The molecule has 32 heavy (non-hydrogen) atoms.